The average Bonchev–Trinajstić information content (AvgIpc) is 3.67. The van der Waals surface area contributed by atoms with E-state index >= 15 is 0 Å². The van der Waals surface area contributed by atoms with Crippen molar-refractivity contribution in [1.82, 2.24) is 0 Å². The summed E-state index contributed by atoms with van der Waals surface area (Å²) in [5.74, 6) is -0.536. The molecule has 0 radical (unpaired) electrons. The summed E-state index contributed by atoms with van der Waals surface area (Å²) in [7, 11) is -9.90. The Morgan fingerprint density at radius 1 is 0.319 bits per heavy atom. The minimum Gasteiger partial charge on any atom is -0.462 e. The van der Waals surface area contributed by atoms with Gasteiger partial charge in [-0.3, -0.25) is 37.3 Å². The van der Waals surface area contributed by atoms with Gasteiger partial charge in [-0.1, -0.05) is 318 Å². The van der Waals surface area contributed by atoms with Crippen LogP contribution in [0.5, 0.6) is 0 Å². The zero-order valence-electron chi connectivity index (χ0n) is 59.1. The third kappa shape index (κ3) is 65.1. The van der Waals surface area contributed by atoms with E-state index in [0.29, 0.717) is 25.7 Å². The number of unbranched alkanes of at least 4 members (excludes halogenated alkanes) is 40. The van der Waals surface area contributed by atoms with Gasteiger partial charge >= 0.3 is 39.5 Å². The molecule has 0 aliphatic carbocycles. The van der Waals surface area contributed by atoms with Gasteiger partial charge in [-0.25, -0.2) is 9.13 Å². The summed E-state index contributed by atoms with van der Waals surface area (Å²) in [6.45, 7) is 9.58. The Morgan fingerprint density at radius 2 is 0.560 bits per heavy atom. The van der Waals surface area contributed by atoms with Crippen molar-refractivity contribution in [3.05, 3.63) is 0 Å². The number of hydrogen-bond acceptors (Lipinski definition) is 15. The standard InChI is InChI=1S/C72H140O17P2/c1-7-10-12-14-16-18-19-20-21-25-32-38-44-50-56-71(76)88-67(60-82-69(74)54-48-42-36-17-15-13-11-8-2)62-86-90(78,79)84-58-66(73)59-85-91(80,81)87-63-68(61-83-70(75)55-49-43-37-31-28-27-30-35-41-47-53-65(6)9-3)89-72(77)57-51-45-39-33-26-23-22-24-29-34-40-46-52-64(4)5/h64-68,73H,7-63H2,1-6H3,(H,78,79)(H,80,81)/t65?,66-,67+,68+/m0/s1. The molecule has 0 aliphatic rings. The number of rotatable bonds is 71. The van der Waals surface area contributed by atoms with E-state index in [4.69, 9.17) is 37.0 Å². The van der Waals surface area contributed by atoms with Gasteiger partial charge in [-0.15, -0.1) is 0 Å². The van der Waals surface area contributed by atoms with Crippen molar-refractivity contribution in [2.75, 3.05) is 39.6 Å². The topological polar surface area (TPSA) is 237 Å². The summed E-state index contributed by atoms with van der Waals surface area (Å²) in [6, 6.07) is 0. The third-order valence-corrected chi connectivity index (χ3v) is 19.0. The van der Waals surface area contributed by atoms with Crippen molar-refractivity contribution in [3.8, 4) is 0 Å². The number of aliphatic hydroxyl groups excluding tert-OH is 1. The van der Waals surface area contributed by atoms with Gasteiger partial charge in [0.15, 0.2) is 12.2 Å². The molecule has 540 valence electrons. The van der Waals surface area contributed by atoms with Crippen LogP contribution in [0.4, 0.5) is 0 Å². The van der Waals surface area contributed by atoms with Crippen LogP contribution >= 0.6 is 15.6 Å². The lowest BCUT2D eigenvalue weighted by atomic mass is 9.99. The lowest BCUT2D eigenvalue weighted by Crippen LogP contribution is -2.30. The molecule has 0 aliphatic heterocycles. The highest BCUT2D eigenvalue weighted by atomic mass is 31.2. The van der Waals surface area contributed by atoms with Gasteiger partial charge in [-0.05, 0) is 37.5 Å². The first-order chi connectivity index (χ1) is 43.9. The highest BCUT2D eigenvalue weighted by molar-refractivity contribution is 7.47. The van der Waals surface area contributed by atoms with Crippen LogP contribution in [-0.4, -0.2) is 96.7 Å². The van der Waals surface area contributed by atoms with Crippen molar-refractivity contribution in [2.45, 2.75) is 387 Å². The molecule has 0 rings (SSSR count). The number of phosphoric ester groups is 2. The number of hydrogen-bond donors (Lipinski definition) is 3. The second-order valence-corrected chi connectivity index (χ2v) is 29.6. The molecule has 6 atom stereocenters. The molecule has 3 unspecified atom stereocenters. The van der Waals surface area contributed by atoms with Gasteiger partial charge in [0.05, 0.1) is 26.4 Å². The summed E-state index contributed by atoms with van der Waals surface area (Å²) in [5, 5.41) is 10.6. The van der Waals surface area contributed by atoms with Gasteiger partial charge < -0.3 is 33.8 Å². The van der Waals surface area contributed by atoms with E-state index in [1.165, 1.54) is 180 Å². The number of ether oxygens (including phenoxy) is 4. The van der Waals surface area contributed by atoms with Gasteiger partial charge in [-0.2, -0.15) is 0 Å². The first-order valence-corrected chi connectivity index (χ1v) is 40.5. The summed E-state index contributed by atoms with van der Waals surface area (Å²) in [4.78, 5) is 72.6. The van der Waals surface area contributed by atoms with Gasteiger partial charge in [0.25, 0.3) is 0 Å². The Morgan fingerprint density at radius 3 is 0.835 bits per heavy atom. The molecule has 19 heteroatoms. The fourth-order valence-corrected chi connectivity index (χ4v) is 12.5. The molecule has 0 aromatic carbocycles. The predicted molar refractivity (Wildman–Crippen MR) is 368 cm³/mol. The number of carbonyl (C=O) groups is 4. The van der Waals surface area contributed by atoms with Crippen LogP contribution in [0.15, 0.2) is 0 Å². The van der Waals surface area contributed by atoms with E-state index < -0.39 is 97.5 Å². The molecule has 0 bridgehead atoms. The Labute approximate surface area is 556 Å². The number of carbonyl (C=O) groups excluding carboxylic acids is 4. The van der Waals surface area contributed by atoms with Crippen LogP contribution < -0.4 is 0 Å². The number of aliphatic hydroxyl groups is 1. The number of esters is 4. The van der Waals surface area contributed by atoms with E-state index in [-0.39, 0.29) is 25.7 Å². The molecule has 17 nitrogen and oxygen atoms in total. The zero-order chi connectivity index (χ0) is 67.2. The van der Waals surface area contributed by atoms with Crippen LogP contribution in [0.1, 0.15) is 369 Å². The highest BCUT2D eigenvalue weighted by Gasteiger charge is 2.30. The zero-order valence-corrected chi connectivity index (χ0v) is 60.9. The van der Waals surface area contributed by atoms with Crippen molar-refractivity contribution < 1.29 is 80.2 Å². The maximum atomic E-state index is 13.0. The normalized spacial score (nSPS) is 14.4. The molecule has 0 saturated carbocycles. The third-order valence-electron chi connectivity index (χ3n) is 17.1. The van der Waals surface area contributed by atoms with E-state index in [9.17, 15) is 43.2 Å². The monoisotopic (exact) mass is 1340 g/mol. The smallest absolute Gasteiger partial charge is 0.462 e. The largest absolute Gasteiger partial charge is 0.472 e. The van der Waals surface area contributed by atoms with E-state index in [0.717, 1.165) is 108 Å². The van der Waals surface area contributed by atoms with Gasteiger partial charge in [0.2, 0.25) is 0 Å². The second-order valence-electron chi connectivity index (χ2n) is 26.7. The molecular formula is C72H140O17P2. The Kier molecular flexibility index (Phi) is 62.7. The second kappa shape index (κ2) is 64.1. The quantitative estimate of drug-likeness (QED) is 0.0222. The average molecular weight is 1340 g/mol. The lowest BCUT2D eigenvalue weighted by Gasteiger charge is -2.21. The summed E-state index contributed by atoms with van der Waals surface area (Å²) >= 11 is 0. The first kappa shape index (κ1) is 89.1. The van der Waals surface area contributed by atoms with Crippen molar-refractivity contribution >= 4 is 39.5 Å². The molecule has 0 aromatic heterocycles. The molecule has 0 heterocycles. The predicted octanol–water partition coefficient (Wildman–Crippen LogP) is 20.8. The fraction of sp³-hybridized carbons (Fsp3) is 0.944. The van der Waals surface area contributed by atoms with E-state index in [1.807, 2.05) is 0 Å². The number of phosphoric acid groups is 2. The summed E-state index contributed by atoms with van der Waals surface area (Å²) in [5.41, 5.74) is 0. The summed E-state index contributed by atoms with van der Waals surface area (Å²) < 4.78 is 68.3. The maximum Gasteiger partial charge on any atom is 0.472 e. The van der Waals surface area contributed by atoms with Crippen LogP contribution in [0, 0.1) is 11.8 Å². The molecular weight excluding hydrogens is 1200 g/mol. The Hall–Kier alpha value is -1.94. The highest BCUT2D eigenvalue weighted by Crippen LogP contribution is 2.45. The molecule has 0 aromatic rings. The van der Waals surface area contributed by atoms with Crippen LogP contribution in [0.3, 0.4) is 0 Å². The molecule has 0 spiro atoms. The van der Waals surface area contributed by atoms with Crippen LogP contribution in [0.25, 0.3) is 0 Å². The van der Waals surface area contributed by atoms with E-state index in [1.54, 1.807) is 0 Å². The van der Waals surface area contributed by atoms with E-state index in [2.05, 4.69) is 41.5 Å². The molecule has 3 N–H and O–H groups in total. The van der Waals surface area contributed by atoms with Gasteiger partial charge in [0, 0.05) is 25.7 Å². The van der Waals surface area contributed by atoms with Crippen molar-refractivity contribution in [3.63, 3.8) is 0 Å². The van der Waals surface area contributed by atoms with Crippen molar-refractivity contribution in [1.29, 1.82) is 0 Å². The molecule has 0 amide bonds. The van der Waals surface area contributed by atoms with Gasteiger partial charge in [0.1, 0.15) is 19.3 Å². The minimum atomic E-state index is -4.95. The van der Waals surface area contributed by atoms with Crippen LogP contribution in [0.2, 0.25) is 0 Å². The molecule has 0 fully saturated rings. The lowest BCUT2D eigenvalue weighted by molar-refractivity contribution is -0.161. The first-order valence-electron chi connectivity index (χ1n) is 37.5. The Bertz CT molecular complexity index is 1770. The SMILES string of the molecule is CCCCCCCCCCCCCCCCC(=O)O[C@H](COC(=O)CCCCCCCCCC)COP(=O)(O)OC[C@H](O)COP(=O)(O)OC[C@@H](COC(=O)CCCCCCCCCCCCC(C)CC)OC(=O)CCCCCCCCCCCCCCC(C)C. The Balaban J connectivity index is 5.23. The van der Waals surface area contributed by atoms with Crippen LogP contribution in [-0.2, 0) is 65.4 Å². The molecule has 91 heavy (non-hydrogen) atoms. The summed E-state index contributed by atoms with van der Waals surface area (Å²) in [6.07, 6.45) is 49.8. The van der Waals surface area contributed by atoms with Crippen molar-refractivity contribution in [2.24, 2.45) is 11.8 Å². The minimum absolute atomic E-state index is 0.107. The maximum absolute atomic E-state index is 13.0. The fourth-order valence-electron chi connectivity index (χ4n) is 10.9. The molecule has 0 saturated heterocycles.